The van der Waals surface area contributed by atoms with Crippen LogP contribution in [0.4, 0.5) is 22.7 Å². The van der Waals surface area contributed by atoms with Gasteiger partial charge in [-0.1, -0.05) is 253 Å². The van der Waals surface area contributed by atoms with Gasteiger partial charge in [0.1, 0.15) is 11.6 Å². The molecule has 0 radical (unpaired) electrons. The van der Waals surface area contributed by atoms with E-state index < -0.39 is 0 Å². The second-order valence-corrected chi connectivity index (χ2v) is 28.1. The summed E-state index contributed by atoms with van der Waals surface area (Å²) in [7, 11) is 0. The summed E-state index contributed by atoms with van der Waals surface area (Å²) in [5, 5.41) is 12.9. The second kappa shape index (κ2) is 22.5. The van der Waals surface area contributed by atoms with E-state index in [1.807, 2.05) is 6.20 Å². The molecule has 1 aliphatic heterocycles. The van der Waals surface area contributed by atoms with Crippen molar-refractivity contribution in [3.8, 4) is 78.6 Å². The summed E-state index contributed by atoms with van der Waals surface area (Å²) in [5.74, 6) is 0.923. The largest absolute Gasteiger partial charge is 0.507 e. The highest BCUT2D eigenvalue weighted by Crippen LogP contribution is 2.51. The molecule has 0 bridgehead atoms. The predicted octanol–water partition coefficient (Wildman–Crippen LogP) is 21.0. The van der Waals surface area contributed by atoms with Crippen molar-refractivity contribution in [3.05, 3.63) is 271 Å². The van der Waals surface area contributed by atoms with E-state index in [9.17, 15) is 5.11 Å². The number of aromatic hydroxyl groups is 1. The van der Waals surface area contributed by atoms with Crippen molar-refractivity contribution in [2.45, 2.75) is 105 Å². The van der Waals surface area contributed by atoms with Gasteiger partial charge in [-0.05, 0) is 139 Å². The molecule has 13 rings (SSSR count). The van der Waals surface area contributed by atoms with Crippen LogP contribution in [-0.4, -0.2) is 26.6 Å². The summed E-state index contributed by atoms with van der Waals surface area (Å²) < 4.78 is 2.31. The van der Waals surface area contributed by atoms with Crippen molar-refractivity contribution in [2.75, 3.05) is 9.62 Å². The molecule has 0 amide bonds. The third kappa shape index (κ3) is 10.9. The molecule has 7 heteroatoms. The van der Waals surface area contributed by atoms with E-state index in [0.717, 1.165) is 112 Å². The Morgan fingerprint density at radius 2 is 0.820 bits per heavy atom. The minimum atomic E-state index is -0.363. The Kier molecular flexibility index (Phi) is 14.7. The van der Waals surface area contributed by atoms with Crippen LogP contribution >= 0.6 is 0 Å². The van der Waals surface area contributed by atoms with Crippen molar-refractivity contribution < 1.29 is 5.11 Å². The van der Waals surface area contributed by atoms with E-state index in [1.165, 1.54) is 11.1 Å². The van der Waals surface area contributed by atoms with Gasteiger partial charge in [0.05, 0.1) is 39.4 Å². The minimum Gasteiger partial charge on any atom is -0.507 e. The number of hydrogen-bond donors (Lipinski definition) is 1. The maximum atomic E-state index is 12.9. The molecule has 0 unspecified atom stereocenters. The van der Waals surface area contributed by atoms with Gasteiger partial charge in [0.25, 0.3) is 0 Å². The number of phenolic OH excluding ortho intramolecular Hbond substituents is 1. The molecule has 0 saturated heterocycles. The third-order valence-corrected chi connectivity index (χ3v) is 17.8. The van der Waals surface area contributed by atoms with Gasteiger partial charge in [0, 0.05) is 51.0 Å². The number of pyridine rings is 1. The summed E-state index contributed by atoms with van der Waals surface area (Å²) >= 11 is 0. The van der Waals surface area contributed by atoms with Crippen LogP contribution < -0.4 is 15.1 Å². The number of anilines is 4. The number of nitrogens with zero attached hydrogens (tertiary/aromatic N) is 5. The van der Waals surface area contributed by atoms with Crippen LogP contribution in [0.5, 0.6) is 5.75 Å². The fourth-order valence-corrected chi connectivity index (χ4v) is 12.9. The molecule has 1 N–H and O–H groups in total. The van der Waals surface area contributed by atoms with Gasteiger partial charge in [-0.15, -0.1) is 0 Å². The maximum Gasteiger partial charge on any atom is 0.420 e. The molecule has 0 saturated carbocycles. The van der Waals surface area contributed by atoms with Crippen molar-refractivity contribution in [2.24, 2.45) is 0 Å². The first-order chi connectivity index (χ1) is 42.6. The molecule has 0 spiro atoms. The zero-order valence-corrected chi connectivity index (χ0v) is 53.4. The molecular formula is C82H78BN5O. The van der Waals surface area contributed by atoms with Crippen LogP contribution in [0.15, 0.2) is 249 Å². The highest BCUT2D eigenvalue weighted by molar-refractivity contribution is 6.84. The maximum absolute atomic E-state index is 12.9. The zero-order valence-electron chi connectivity index (χ0n) is 53.4. The number of para-hydroxylation sites is 5. The van der Waals surface area contributed by atoms with Crippen LogP contribution in [0.1, 0.15) is 105 Å². The molecule has 10 aromatic carbocycles. The van der Waals surface area contributed by atoms with E-state index in [2.05, 4.69) is 340 Å². The zero-order chi connectivity index (χ0) is 62.1. The summed E-state index contributed by atoms with van der Waals surface area (Å²) in [5.41, 5.74) is 23.1. The topological polar surface area (TPSA) is 57.4 Å². The summed E-state index contributed by atoms with van der Waals surface area (Å²) in [6, 6.07) is 88.0. The lowest BCUT2D eigenvalue weighted by Gasteiger charge is -2.32. The SMILES string of the molecule is CC(C)(C)c1cc(-c2cc(B3N(c4ccccc4-c4ccccc4)c4ccccc4N3c3ccccc3-c3ccccc3)ccn2)cc(-c2cccc3c2nc(-c2cc(C(C)(C)C)cc(C(C)(C)C)c2O)n3-c2ccc(C(C)(C)C)cc2-c2ccccc2)c1. The number of rotatable bonds is 10. The average Bonchev–Trinajstić information content (AvgIpc) is 1.61. The number of imidazole rings is 1. The first-order valence-electron chi connectivity index (χ1n) is 31.3. The monoisotopic (exact) mass is 1160 g/mol. The van der Waals surface area contributed by atoms with Gasteiger partial charge in [-0.3, -0.25) is 9.55 Å². The Morgan fingerprint density at radius 1 is 0.348 bits per heavy atom. The Hall–Kier alpha value is -9.72. The number of benzene rings is 10. The van der Waals surface area contributed by atoms with Gasteiger partial charge in [0.15, 0.2) is 0 Å². The van der Waals surface area contributed by atoms with Gasteiger partial charge >= 0.3 is 6.98 Å². The van der Waals surface area contributed by atoms with Crippen molar-refractivity contribution in [1.82, 2.24) is 14.5 Å². The number of aromatic nitrogens is 3. The van der Waals surface area contributed by atoms with Crippen molar-refractivity contribution >= 4 is 46.2 Å². The summed E-state index contributed by atoms with van der Waals surface area (Å²) in [4.78, 5) is 16.2. The highest BCUT2D eigenvalue weighted by atomic mass is 16.3. The third-order valence-electron chi connectivity index (χ3n) is 17.8. The Morgan fingerprint density at radius 3 is 1.36 bits per heavy atom. The number of fused-ring (bicyclic) bond motifs is 2. The second-order valence-electron chi connectivity index (χ2n) is 28.1. The number of phenols is 1. The molecule has 6 nitrogen and oxygen atoms in total. The molecule has 0 aliphatic carbocycles. The predicted molar refractivity (Wildman–Crippen MR) is 377 cm³/mol. The Balaban J connectivity index is 1.05. The molecule has 440 valence electrons. The quantitative estimate of drug-likeness (QED) is 0.138. The minimum absolute atomic E-state index is 0.109. The molecule has 0 atom stereocenters. The smallest absolute Gasteiger partial charge is 0.420 e. The van der Waals surface area contributed by atoms with Crippen molar-refractivity contribution in [3.63, 3.8) is 0 Å². The van der Waals surface area contributed by atoms with Crippen molar-refractivity contribution in [1.29, 1.82) is 0 Å². The van der Waals surface area contributed by atoms with Crippen LogP contribution in [-0.2, 0) is 21.7 Å². The van der Waals surface area contributed by atoms with E-state index in [0.29, 0.717) is 11.4 Å². The van der Waals surface area contributed by atoms with Gasteiger partial charge in [-0.2, -0.15) is 0 Å². The fourth-order valence-electron chi connectivity index (χ4n) is 12.9. The van der Waals surface area contributed by atoms with Crippen LogP contribution in [0.25, 0.3) is 83.9 Å². The fraction of sp³-hybridized carbons (Fsp3) is 0.195. The molecule has 3 heterocycles. The number of hydrogen-bond acceptors (Lipinski definition) is 5. The van der Waals surface area contributed by atoms with Gasteiger partial charge in [0.2, 0.25) is 0 Å². The van der Waals surface area contributed by atoms with E-state index >= 15 is 0 Å². The molecule has 2 aromatic heterocycles. The van der Waals surface area contributed by atoms with E-state index in [-0.39, 0.29) is 34.4 Å². The van der Waals surface area contributed by atoms with Crippen LogP contribution in [0, 0.1) is 0 Å². The first kappa shape index (κ1) is 58.3. The van der Waals surface area contributed by atoms with Gasteiger partial charge < -0.3 is 14.7 Å². The normalized spacial score (nSPS) is 12.9. The Labute approximate surface area is 527 Å². The average molecular weight is 1160 g/mol. The van der Waals surface area contributed by atoms with Gasteiger partial charge in [-0.25, -0.2) is 4.98 Å². The highest BCUT2D eigenvalue weighted by Gasteiger charge is 2.45. The first-order valence-corrected chi connectivity index (χ1v) is 31.3. The van der Waals surface area contributed by atoms with Crippen LogP contribution in [0.2, 0.25) is 0 Å². The van der Waals surface area contributed by atoms with Crippen LogP contribution in [0.3, 0.4) is 0 Å². The Bertz CT molecular complexity index is 4510. The molecular weight excluding hydrogens is 1080 g/mol. The lowest BCUT2D eigenvalue weighted by atomic mass is 9.64. The molecule has 0 fully saturated rings. The van der Waals surface area contributed by atoms with E-state index in [4.69, 9.17) is 9.97 Å². The lowest BCUT2D eigenvalue weighted by Crippen LogP contribution is -2.53. The standard InChI is InChI=1S/C82H78BN5O/c1-79(2,3)59-43-44-70(66(50-59)56-33-20-15-21-34-56)86-75-42-28-37-65(76(75)85-78(86)67-51-61(81(7,8)9)52-68(77(67)89)82(10,11)12)57-47-58(49-60(48-57)80(4,5)6)69-53-62(45-46-84-69)83-87(71-38-24-22-35-63(71)54-29-16-13-17-30-54)73-40-26-27-41-74(73)88(83)72-39-25-23-36-64(72)55-31-18-14-19-32-55/h13-53,89H,1-12H3. The lowest BCUT2D eigenvalue weighted by molar-refractivity contribution is 0.446. The molecule has 1 aliphatic rings. The molecule has 89 heavy (non-hydrogen) atoms. The van der Waals surface area contributed by atoms with E-state index in [1.54, 1.807) is 0 Å². The summed E-state index contributed by atoms with van der Waals surface area (Å²) in [6.07, 6.45) is 1.99. The summed E-state index contributed by atoms with van der Waals surface area (Å²) in [6.45, 7) is 26.6. The molecule has 12 aromatic rings.